The second-order valence-corrected chi connectivity index (χ2v) is 3.70. The van der Waals surface area contributed by atoms with Gasteiger partial charge >= 0.3 is 5.97 Å². The number of ether oxygens (including phenoxy) is 1. The molecule has 1 saturated heterocycles. The summed E-state index contributed by atoms with van der Waals surface area (Å²) in [6.45, 7) is 4.95. The lowest BCUT2D eigenvalue weighted by atomic mass is 9.97. The number of carboxylic acid groups (broad SMARTS) is 1. The van der Waals surface area contributed by atoms with Gasteiger partial charge in [-0.2, -0.15) is 0 Å². The van der Waals surface area contributed by atoms with E-state index in [2.05, 4.69) is 5.32 Å². The Hall–Kier alpha value is -0.610. The standard InChI is InChI=1S/C9H17NO3/c1-3-9(2,8(11)12)10-7-4-5-13-6-7/h7,10H,3-6H2,1-2H3,(H,11,12). The van der Waals surface area contributed by atoms with Crippen molar-refractivity contribution >= 4 is 5.97 Å². The van der Waals surface area contributed by atoms with Crippen LogP contribution in [0.15, 0.2) is 0 Å². The summed E-state index contributed by atoms with van der Waals surface area (Å²) in [5.74, 6) is -0.790. The van der Waals surface area contributed by atoms with Gasteiger partial charge in [0.2, 0.25) is 0 Å². The smallest absolute Gasteiger partial charge is 0.323 e. The van der Waals surface area contributed by atoms with Gasteiger partial charge in [0.1, 0.15) is 5.54 Å². The SMILES string of the molecule is CCC(C)(NC1CCOC1)C(=O)O. The Morgan fingerprint density at radius 3 is 2.85 bits per heavy atom. The van der Waals surface area contributed by atoms with Gasteiger partial charge in [-0.25, -0.2) is 0 Å². The third-order valence-electron chi connectivity index (χ3n) is 2.63. The van der Waals surface area contributed by atoms with Gasteiger partial charge in [0.05, 0.1) is 6.61 Å². The summed E-state index contributed by atoms with van der Waals surface area (Å²) in [5.41, 5.74) is -0.807. The van der Waals surface area contributed by atoms with E-state index in [-0.39, 0.29) is 6.04 Å². The van der Waals surface area contributed by atoms with Gasteiger partial charge in [-0.05, 0) is 19.8 Å². The van der Waals surface area contributed by atoms with Gasteiger partial charge in [-0.15, -0.1) is 0 Å². The average molecular weight is 187 g/mol. The minimum absolute atomic E-state index is 0.195. The second kappa shape index (κ2) is 4.07. The first-order chi connectivity index (χ1) is 6.08. The van der Waals surface area contributed by atoms with E-state index in [0.29, 0.717) is 13.0 Å². The molecule has 1 rings (SSSR count). The molecule has 0 spiro atoms. The van der Waals surface area contributed by atoms with Gasteiger partial charge in [-0.3, -0.25) is 10.1 Å². The fraction of sp³-hybridized carbons (Fsp3) is 0.889. The fourth-order valence-corrected chi connectivity index (χ4v) is 1.41. The molecule has 4 heteroatoms. The summed E-state index contributed by atoms with van der Waals surface area (Å²) in [4.78, 5) is 10.9. The molecule has 0 radical (unpaired) electrons. The molecule has 0 amide bonds. The third kappa shape index (κ3) is 2.42. The van der Waals surface area contributed by atoms with Gasteiger partial charge in [0.15, 0.2) is 0 Å². The van der Waals surface area contributed by atoms with E-state index in [9.17, 15) is 4.79 Å². The van der Waals surface area contributed by atoms with Crippen LogP contribution < -0.4 is 5.32 Å². The molecule has 0 aromatic heterocycles. The topological polar surface area (TPSA) is 58.6 Å². The van der Waals surface area contributed by atoms with Crippen molar-refractivity contribution in [3.05, 3.63) is 0 Å². The Labute approximate surface area is 78.3 Å². The molecule has 1 heterocycles. The fourth-order valence-electron chi connectivity index (χ4n) is 1.41. The Kier molecular flexibility index (Phi) is 3.27. The molecule has 0 bridgehead atoms. The maximum Gasteiger partial charge on any atom is 0.323 e. The van der Waals surface area contributed by atoms with Crippen LogP contribution in [-0.2, 0) is 9.53 Å². The number of nitrogens with one attached hydrogen (secondary N) is 1. The lowest BCUT2D eigenvalue weighted by Gasteiger charge is -2.27. The quantitative estimate of drug-likeness (QED) is 0.677. The molecular formula is C9H17NO3. The molecule has 0 aromatic rings. The van der Waals surface area contributed by atoms with E-state index in [4.69, 9.17) is 9.84 Å². The minimum atomic E-state index is -0.807. The van der Waals surface area contributed by atoms with Crippen molar-refractivity contribution in [3.8, 4) is 0 Å². The predicted octanol–water partition coefficient (Wildman–Crippen LogP) is 0.618. The summed E-state index contributed by atoms with van der Waals surface area (Å²) in [6.07, 6.45) is 1.49. The number of aliphatic carboxylic acids is 1. The van der Waals surface area contributed by atoms with Gasteiger partial charge < -0.3 is 9.84 Å². The van der Waals surface area contributed by atoms with E-state index < -0.39 is 11.5 Å². The van der Waals surface area contributed by atoms with Crippen molar-refractivity contribution in [2.75, 3.05) is 13.2 Å². The Balaban J connectivity index is 2.51. The zero-order valence-electron chi connectivity index (χ0n) is 8.17. The average Bonchev–Trinajstić information content (AvgIpc) is 2.56. The van der Waals surface area contributed by atoms with Crippen LogP contribution >= 0.6 is 0 Å². The second-order valence-electron chi connectivity index (χ2n) is 3.70. The van der Waals surface area contributed by atoms with Crippen molar-refractivity contribution < 1.29 is 14.6 Å². The highest BCUT2D eigenvalue weighted by Gasteiger charge is 2.34. The number of hydrogen-bond donors (Lipinski definition) is 2. The Bertz CT molecular complexity index is 189. The maximum absolute atomic E-state index is 10.9. The molecule has 0 aromatic carbocycles. The molecule has 2 atom stereocenters. The first kappa shape index (κ1) is 10.5. The maximum atomic E-state index is 10.9. The van der Waals surface area contributed by atoms with Crippen molar-refractivity contribution in [3.63, 3.8) is 0 Å². The largest absolute Gasteiger partial charge is 0.480 e. The lowest BCUT2D eigenvalue weighted by molar-refractivity contribution is -0.144. The third-order valence-corrected chi connectivity index (χ3v) is 2.63. The van der Waals surface area contributed by atoms with Crippen LogP contribution in [0, 0.1) is 0 Å². The van der Waals surface area contributed by atoms with Crippen molar-refractivity contribution in [1.29, 1.82) is 0 Å². The Morgan fingerprint density at radius 2 is 2.46 bits per heavy atom. The van der Waals surface area contributed by atoms with E-state index in [0.717, 1.165) is 13.0 Å². The lowest BCUT2D eigenvalue weighted by Crippen LogP contribution is -2.53. The van der Waals surface area contributed by atoms with Crippen LogP contribution in [0.2, 0.25) is 0 Å². The normalized spacial score (nSPS) is 27.1. The van der Waals surface area contributed by atoms with Crippen LogP contribution in [0.3, 0.4) is 0 Å². The van der Waals surface area contributed by atoms with E-state index in [1.54, 1.807) is 6.92 Å². The van der Waals surface area contributed by atoms with Gasteiger partial charge in [0.25, 0.3) is 0 Å². The molecule has 1 aliphatic rings. The molecule has 0 aliphatic carbocycles. The summed E-state index contributed by atoms with van der Waals surface area (Å²) in [6, 6.07) is 0.195. The van der Waals surface area contributed by atoms with Crippen molar-refractivity contribution in [2.45, 2.75) is 38.3 Å². The van der Waals surface area contributed by atoms with Crippen molar-refractivity contribution in [1.82, 2.24) is 5.32 Å². The summed E-state index contributed by atoms with van der Waals surface area (Å²) in [7, 11) is 0. The van der Waals surface area contributed by atoms with Crippen LogP contribution in [0.4, 0.5) is 0 Å². The molecule has 0 saturated carbocycles. The molecule has 1 fully saturated rings. The van der Waals surface area contributed by atoms with E-state index >= 15 is 0 Å². The first-order valence-electron chi connectivity index (χ1n) is 4.67. The van der Waals surface area contributed by atoms with Gasteiger partial charge in [0, 0.05) is 12.6 Å². The van der Waals surface area contributed by atoms with Crippen molar-refractivity contribution in [2.24, 2.45) is 0 Å². The van der Waals surface area contributed by atoms with Crippen LogP contribution in [-0.4, -0.2) is 35.9 Å². The zero-order valence-corrected chi connectivity index (χ0v) is 8.17. The molecular weight excluding hydrogens is 170 g/mol. The molecule has 13 heavy (non-hydrogen) atoms. The summed E-state index contributed by atoms with van der Waals surface area (Å²) in [5, 5.41) is 12.1. The molecule has 4 nitrogen and oxygen atoms in total. The number of hydrogen-bond acceptors (Lipinski definition) is 3. The highest BCUT2D eigenvalue weighted by molar-refractivity contribution is 5.78. The molecule has 2 unspecified atom stereocenters. The number of carboxylic acids is 1. The number of carbonyl (C=O) groups is 1. The van der Waals surface area contributed by atoms with Crippen LogP contribution in [0.1, 0.15) is 26.7 Å². The monoisotopic (exact) mass is 187 g/mol. The number of rotatable bonds is 4. The van der Waals surface area contributed by atoms with Gasteiger partial charge in [-0.1, -0.05) is 6.92 Å². The molecule has 76 valence electrons. The summed E-state index contributed by atoms with van der Waals surface area (Å²) < 4.78 is 5.17. The van der Waals surface area contributed by atoms with Crippen LogP contribution in [0.25, 0.3) is 0 Å². The summed E-state index contributed by atoms with van der Waals surface area (Å²) >= 11 is 0. The predicted molar refractivity (Wildman–Crippen MR) is 48.7 cm³/mol. The highest BCUT2D eigenvalue weighted by atomic mass is 16.5. The zero-order chi connectivity index (χ0) is 9.90. The Morgan fingerprint density at radius 1 is 1.77 bits per heavy atom. The highest BCUT2D eigenvalue weighted by Crippen LogP contribution is 2.14. The van der Waals surface area contributed by atoms with E-state index in [1.165, 1.54) is 0 Å². The van der Waals surface area contributed by atoms with E-state index in [1.807, 2.05) is 6.92 Å². The molecule has 1 aliphatic heterocycles. The first-order valence-corrected chi connectivity index (χ1v) is 4.67. The molecule has 2 N–H and O–H groups in total. The van der Waals surface area contributed by atoms with Crippen LogP contribution in [0.5, 0.6) is 0 Å². The minimum Gasteiger partial charge on any atom is -0.480 e.